The molecule has 1 rings (SSSR count). The van der Waals surface area contributed by atoms with Gasteiger partial charge in [0.2, 0.25) is 0 Å². The summed E-state index contributed by atoms with van der Waals surface area (Å²) in [5, 5.41) is 13.5. The first-order valence-corrected chi connectivity index (χ1v) is 5.14. The van der Waals surface area contributed by atoms with E-state index in [-0.39, 0.29) is 5.15 Å². The van der Waals surface area contributed by atoms with Crippen LogP contribution < -0.4 is 5.43 Å². The maximum atomic E-state index is 8.74. The van der Waals surface area contributed by atoms with Crippen molar-refractivity contribution < 1.29 is 0 Å². The van der Waals surface area contributed by atoms with Crippen molar-refractivity contribution in [3.8, 4) is 6.07 Å². The lowest BCUT2D eigenvalue weighted by molar-refractivity contribution is 0.904. The SMILES string of the molecule is CC(C)/C=N/Nc1snc(Cl)c1C#N. The molecule has 6 heteroatoms. The number of hydrazone groups is 1. The van der Waals surface area contributed by atoms with Crippen LogP contribution >= 0.6 is 23.1 Å². The number of nitrogens with one attached hydrogen (secondary N) is 1. The third-order valence-electron chi connectivity index (χ3n) is 1.30. The molecule has 0 saturated carbocycles. The molecule has 4 nitrogen and oxygen atoms in total. The summed E-state index contributed by atoms with van der Waals surface area (Å²) in [5.74, 6) is 0.358. The molecule has 0 aromatic carbocycles. The van der Waals surface area contributed by atoms with Crippen LogP contribution in [0.25, 0.3) is 0 Å². The van der Waals surface area contributed by atoms with Crippen LogP contribution in [0.5, 0.6) is 0 Å². The van der Waals surface area contributed by atoms with Gasteiger partial charge in [-0.25, -0.2) is 0 Å². The average Bonchev–Trinajstić information content (AvgIpc) is 2.46. The lowest BCUT2D eigenvalue weighted by Crippen LogP contribution is -1.93. The Bertz CT molecular complexity index is 377. The Kier molecular flexibility index (Phi) is 3.86. The zero-order valence-electron chi connectivity index (χ0n) is 7.78. The van der Waals surface area contributed by atoms with Gasteiger partial charge in [0.1, 0.15) is 16.6 Å². The second-order valence-electron chi connectivity index (χ2n) is 2.92. The third kappa shape index (κ3) is 2.69. The van der Waals surface area contributed by atoms with Crippen molar-refractivity contribution in [3.63, 3.8) is 0 Å². The molecule has 0 spiro atoms. The number of hydrogen-bond donors (Lipinski definition) is 1. The molecule has 0 aliphatic heterocycles. The lowest BCUT2D eigenvalue weighted by Gasteiger charge is -1.96. The number of nitrogens with zero attached hydrogens (tertiary/aromatic N) is 3. The van der Waals surface area contributed by atoms with Crippen LogP contribution in [-0.4, -0.2) is 10.6 Å². The molecule has 1 heterocycles. The summed E-state index contributed by atoms with van der Waals surface area (Å²) in [4.78, 5) is 0. The van der Waals surface area contributed by atoms with E-state index in [0.717, 1.165) is 11.5 Å². The van der Waals surface area contributed by atoms with E-state index >= 15 is 0 Å². The summed E-state index contributed by atoms with van der Waals surface area (Å²) in [7, 11) is 0. The van der Waals surface area contributed by atoms with Crippen molar-refractivity contribution in [3.05, 3.63) is 10.7 Å². The molecule has 0 bridgehead atoms. The van der Waals surface area contributed by atoms with E-state index in [4.69, 9.17) is 16.9 Å². The van der Waals surface area contributed by atoms with Crippen molar-refractivity contribution in [1.82, 2.24) is 4.37 Å². The van der Waals surface area contributed by atoms with Gasteiger partial charge >= 0.3 is 0 Å². The zero-order chi connectivity index (χ0) is 10.6. The molecule has 0 saturated heterocycles. The Hall–Kier alpha value is -1.12. The fraction of sp³-hybridized carbons (Fsp3) is 0.375. The van der Waals surface area contributed by atoms with E-state index in [1.54, 1.807) is 6.21 Å². The monoisotopic (exact) mass is 228 g/mol. The van der Waals surface area contributed by atoms with E-state index in [0.29, 0.717) is 16.5 Å². The number of aromatic nitrogens is 1. The molecule has 0 atom stereocenters. The summed E-state index contributed by atoms with van der Waals surface area (Å²) in [5.41, 5.74) is 3.08. The zero-order valence-corrected chi connectivity index (χ0v) is 9.35. The quantitative estimate of drug-likeness (QED) is 0.639. The molecule has 74 valence electrons. The normalized spacial score (nSPS) is 10.8. The van der Waals surface area contributed by atoms with Crippen molar-refractivity contribution in [2.75, 3.05) is 5.43 Å². The summed E-state index contributed by atoms with van der Waals surface area (Å²) in [6.07, 6.45) is 1.74. The van der Waals surface area contributed by atoms with Crippen molar-refractivity contribution >= 4 is 34.3 Å². The predicted molar refractivity (Wildman–Crippen MR) is 58.8 cm³/mol. The van der Waals surface area contributed by atoms with Crippen LogP contribution in [-0.2, 0) is 0 Å². The Morgan fingerprint density at radius 2 is 2.43 bits per heavy atom. The molecule has 0 aliphatic carbocycles. The van der Waals surface area contributed by atoms with Gasteiger partial charge in [-0.2, -0.15) is 14.7 Å². The number of hydrogen-bond acceptors (Lipinski definition) is 5. The molecule has 14 heavy (non-hydrogen) atoms. The third-order valence-corrected chi connectivity index (χ3v) is 2.43. The van der Waals surface area contributed by atoms with Crippen LogP contribution in [0.4, 0.5) is 5.00 Å². The predicted octanol–water partition coefficient (Wildman–Crippen LogP) is 2.72. The molecule has 0 fully saturated rings. The van der Waals surface area contributed by atoms with Crippen LogP contribution in [0, 0.1) is 17.2 Å². The first-order valence-electron chi connectivity index (χ1n) is 3.99. The van der Waals surface area contributed by atoms with Gasteiger partial charge in [0, 0.05) is 6.21 Å². The lowest BCUT2D eigenvalue weighted by atomic mass is 10.3. The first kappa shape index (κ1) is 11.0. The highest BCUT2D eigenvalue weighted by molar-refractivity contribution is 7.10. The summed E-state index contributed by atoms with van der Waals surface area (Å²) < 4.78 is 3.83. The van der Waals surface area contributed by atoms with Gasteiger partial charge in [-0.15, -0.1) is 0 Å². The van der Waals surface area contributed by atoms with Gasteiger partial charge in [0.05, 0.1) is 0 Å². The van der Waals surface area contributed by atoms with Gasteiger partial charge in [-0.3, -0.25) is 5.43 Å². The van der Waals surface area contributed by atoms with Crippen molar-refractivity contribution in [2.45, 2.75) is 13.8 Å². The fourth-order valence-corrected chi connectivity index (χ4v) is 1.58. The standard InChI is InChI=1S/C8H9ClN4S/c1-5(2)4-11-12-8-6(3-10)7(9)13-14-8/h4-5,12H,1-2H3/b11-4+. The van der Waals surface area contributed by atoms with Crippen LogP contribution in [0.15, 0.2) is 5.10 Å². The van der Waals surface area contributed by atoms with Gasteiger partial charge < -0.3 is 0 Å². The largest absolute Gasteiger partial charge is 0.266 e. The Labute approximate surface area is 91.4 Å². The van der Waals surface area contributed by atoms with Crippen molar-refractivity contribution in [2.24, 2.45) is 11.0 Å². The minimum atomic E-state index is 0.222. The smallest absolute Gasteiger partial charge is 0.162 e. The number of rotatable bonds is 3. The number of anilines is 1. The van der Waals surface area contributed by atoms with Crippen molar-refractivity contribution in [1.29, 1.82) is 5.26 Å². The maximum absolute atomic E-state index is 8.74. The molecule has 0 aliphatic rings. The topological polar surface area (TPSA) is 61.1 Å². The Morgan fingerprint density at radius 1 is 1.71 bits per heavy atom. The number of nitriles is 1. The highest BCUT2D eigenvalue weighted by atomic mass is 35.5. The number of halogens is 1. The van der Waals surface area contributed by atoms with Crippen LogP contribution in [0.2, 0.25) is 5.15 Å². The summed E-state index contributed by atoms with van der Waals surface area (Å²) in [6.45, 7) is 4.02. The summed E-state index contributed by atoms with van der Waals surface area (Å²) >= 11 is 6.79. The van der Waals surface area contributed by atoms with Gasteiger partial charge in [0.15, 0.2) is 5.15 Å². The minimum Gasteiger partial charge on any atom is -0.266 e. The van der Waals surface area contributed by atoms with E-state index in [1.807, 2.05) is 19.9 Å². The highest BCUT2D eigenvalue weighted by Gasteiger charge is 2.10. The second kappa shape index (κ2) is 4.94. The summed E-state index contributed by atoms with van der Waals surface area (Å²) in [6, 6.07) is 1.96. The first-order chi connectivity index (χ1) is 6.65. The average molecular weight is 229 g/mol. The second-order valence-corrected chi connectivity index (χ2v) is 4.05. The molecule has 0 amide bonds. The van der Waals surface area contributed by atoms with Crippen LogP contribution in [0.1, 0.15) is 19.4 Å². The van der Waals surface area contributed by atoms with Gasteiger partial charge in [-0.05, 0) is 17.5 Å². The van der Waals surface area contributed by atoms with Crippen LogP contribution in [0.3, 0.4) is 0 Å². The maximum Gasteiger partial charge on any atom is 0.162 e. The molecular formula is C8H9ClN4S. The minimum absolute atomic E-state index is 0.222. The highest BCUT2D eigenvalue weighted by Crippen LogP contribution is 2.27. The van der Waals surface area contributed by atoms with E-state index in [9.17, 15) is 0 Å². The van der Waals surface area contributed by atoms with Gasteiger partial charge in [0.25, 0.3) is 0 Å². The molecule has 0 radical (unpaired) electrons. The Morgan fingerprint density at radius 3 is 3.00 bits per heavy atom. The van der Waals surface area contributed by atoms with E-state index < -0.39 is 0 Å². The molecule has 0 unspecified atom stereocenters. The van der Waals surface area contributed by atoms with Gasteiger partial charge in [-0.1, -0.05) is 25.4 Å². The van der Waals surface area contributed by atoms with E-state index in [1.165, 1.54) is 0 Å². The molecule has 1 aromatic rings. The fourth-order valence-electron chi connectivity index (χ4n) is 0.689. The Balaban J connectivity index is 2.73. The molecular weight excluding hydrogens is 220 g/mol. The van der Waals surface area contributed by atoms with E-state index in [2.05, 4.69) is 14.9 Å². The molecule has 1 aromatic heterocycles. The molecule has 1 N–H and O–H groups in total.